The third kappa shape index (κ3) is 6.29. The Balaban J connectivity index is 1.73. The molecule has 0 atom stereocenters. The Labute approximate surface area is 147 Å². The van der Waals surface area contributed by atoms with E-state index in [0.29, 0.717) is 19.5 Å². The molecular formula is C16H22N4O4S. The molecule has 0 aliphatic rings. The SMILES string of the molecule is Cc1cc(CN(C)CC(=O)NCCc2ccc(S(N)(=O)=O)cc2)no1. The van der Waals surface area contributed by atoms with Gasteiger partial charge < -0.3 is 9.84 Å². The molecule has 1 aromatic carbocycles. The van der Waals surface area contributed by atoms with E-state index in [2.05, 4.69) is 10.5 Å². The van der Waals surface area contributed by atoms with Gasteiger partial charge in [-0.3, -0.25) is 9.69 Å². The number of aryl methyl sites for hydroxylation is 1. The second-order valence-electron chi connectivity index (χ2n) is 5.89. The van der Waals surface area contributed by atoms with Crippen LogP contribution in [0.5, 0.6) is 0 Å². The molecule has 0 aliphatic carbocycles. The fraction of sp³-hybridized carbons (Fsp3) is 0.375. The van der Waals surface area contributed by atoms with E-state index in [1.54, 1.807) is 12.1 Å². The standard InChI is InChI=1S/C16H22N4O4S/c1-12-9-14(19-24-12)10-20(2)11-16(21)18-8-7-13-3-5-15(6-4-13)25(17,22)23/h3-6,9H,7-8,10-11H2,1-2H3,(H,18,21)(H2,17,22,23). The van der Waals surface area contributed by atoms with Gasteiger partial charge in [0.05, 0.1) is 17.1 Å². The van der Waals surface area contributed by atoms with E-state index in [0.717, 1.165) is 17.0 Å². The van der Waals surface area contributed by atoms with Crippen LogP contribution in [0.1, 0.15) is 17.0 Å². The van der Waals surface area contributed by atoms with Crippen molar-refractivity contribution in [2.24, 2.45) is 5.14 Å². The van der Waals surface area contributed by atoms with E-state index in [-0.39, 0.29) is 17.3 Å². The van der Waals surface area contributed by atoms with E-state index in [9.17, 15) is 13.2 Å². The van der Waals surface area contributed by atoms with Crippen molar-refractivity contribution < 1.29 is 17.7 Å². The molecule has 2 rings (SSSR count). The van der Waals surface area contributed by atoms with Crippen LogP contribution in [0.3, 0.4) is 0 Å². The molecule has 136 valence electrons. The van der Waals surface area contributed by atoms with E-state index in [4.69, 9.17) is 9.66 Å². The molecule has 0 saturated carbocycles. The molecule has 2 aromatic rings. The monoisotopic (exact) mass is 366 g/mol. The van der Waals surface area contributed by atoms with Crippen LogP contribution in [0, 0.1) is 6.92 Å². The summed E-state index contributed by atoms with van der Waals surface area (Å²) in [5.41, 5.74) is 1.70. The fourth-order valence-corrected chi connectivity index (χ4v) is 2.83. The maximum absolute atomic E-state index is 11.9. The number of sulfonamides is 1. The van der Waals surface area contributed by atoms with Crippen molar-refractivity contribution >= 4 is 15.9 Å². The van der Waals surface area contributed by atoms with Crippen molar-refractivity contribution in [1.82, 2.24) is 15.4 Å². The van der Waals surface area contributed by atoms with Gasteiger partial charge >= 0.3 is 0 Å². The van der Waals surface area contributed by atoms with Gasteiger partial charge in [-0.15, -0.1) is 0 Å². The second kappa shape index (κ2) is 8.24. The molecule has 0 spiro atoms. The number of nitrogens with one attached hydrogen (secondary N) is 1. The zero-order chi connectivity index (χ0) is 18.4. The Bertz CT molecular complexity index is 815. The Morgan fingerprint density at radius 3 is 2.56 bits per heavy atom. The first-order chi connectivity index (χ1) is 11.7. The lowest BCUT2D eigenvalue weighted by molar-refractivity contribution is -0.122. The highest BCUT2D eigenvalue weighted by Gasteiger charge is 2.10. The summed E-state index contributed by atoms with van der Waals surface area (Å²) < 4.78 is 27.4. The number of carbonyl (C=O) groups excluding carboxylic acids is 1. The summed E-state index contributed by atoms with van der Waals surface area (Å²) in [6.07, 6.45) is 0.600. The van der Waals surface area contributed by atoms with Crippen molar-refractivity contribution in [3.05, 3.63) is 47.3 Å². The molecule has 0 saturated heterocycles. The Morgan fingerprint density at radius 1 is 1.32 bits per heavy atom. The molecule has 1 aromatic heterocycles. The summed E-state index contributed by atoms with van der Waals surface area (Å²) in [5, 5.41) is 11.8. The van der Waals surface area contributed by atoms with Crippen LogP contribution in [0.2, 0.25) is 0 Å². The van der Waals surface area contributed by atoms with Crippen LogP contribution in [-0.4, -0.2) is 44.5 Å². The quantitative estimate of drug-likeness (QED) is 0.699. The Kier molecular flexibility index (Phi) is 6.29. The third-order valence-corrected chi connectivity index (χ3v) is 4.44. The fourth-order valence-electron chi connectivity index (χ4n) is 2.32. The van der Waals surface area contributed by atoms with E-state index in [1.165, 1.54) is 12.1 Å². The minimum Gasteiger partial charge on any atom is -0.361 e. The second-order valence-corrected chi connectivity index (χ2v) is 7.45. The number of rotatable bonds is 8. The molecule has 0 unspecified atom stereocenters. The average molecular weight is 366 g/mol. The summed E-state index contributed by atoms with van der Waals surface area (Å²) in [6.45, 7) is 3.05. The van der Waals surface area contributed by atoms with Crippen molar-refractivity contribution in [3.8, 4) is 0 Å². The van der Waals surface area contributed by atoms with Gasteiger partial charge in [0.15, 0.2) is 0 Å². The lowest BCUT2D eigenvalue weighted by atomic mass is 10.1. The number of primary sulfonamides is 1. The normalized spacial score (nSPS) is 11.7. The first-order valence-corrected chi connectivity index (χ1v) is 9.28. The van der Waals surface area contributed by atoms with Gasteiger partial charge in [0.25, 0.3) is 0 Å². The largest absolute Gasteiger partial charge is 0.361 e. The molecule has 0 radical (unpaired) electrons. The van der Waals surface area contributed by atoms with Gasteiger partial charge in [-0.05, 0) is 38.1 Å². The minimum absolute atomic E-state index is 0.0741. The van der Waals surface area contributed by atoms with Gasteiger partial charge in [-0.25, -0.2) is 13.6 Å². The van der Waals surface area contributed by atoms with Gasteiger partial charge in [0, 0.05) is 19.2 Å². The van der Waals surface area contributed by atoms with Crippen LogP contribution >= 0.6 is 0 Å². The zero-order valence-corrected chi connectivity index (χ0v) is 15.0. The number of nitrogens with two attached hydrogens (primary N) is 1. The lowest BCUT2D eigenvalue weighted by Gasteiger charge is -2.14. The lowest BCUT2D eigenvalue weighted by Crippen LogP contribution is -2.35. The number of nitrogens with zero attached hydrogens (tertiary/aromatic N) is 2. The van der Waals surface area contributed by atoms with Crippen molar-refractivity contribution in [2.75, 3.05) is 20.1 Å². The Morgan fingerprint density at radius 2 is 2.00 bits per heavy atom. The predicted molar refractivity (Wildman–Crippen MR) is 92.1 cm³/mol. The molecule has 3 N–H and O–H groups in total. The highest BCUT2D eigenvalue weighted by Crippen LogP contribution is 2.09. The number of hydrogen-bond donors (Lipinski definition) is 2. The van der Waals surface area contributed by atoms with Crippen LogP contribution in [-0.2, 0) is 27.8 Å². The van der Waals surface area contributed by atoms with Crippen molar-refractivity contribution in [1.29, 1.82) is 0 Å². The highest BCUT2D eigenvalue weighted by molar-refractivity contribution is 7.89. The molecule has 0 fully saturated rings. The number of hydrogen-bond acceptors (Lipinski definition) is 6. The van der Waals surface area contributed by atoms with Crippen LogP contribution in [0.25, 0.3) is 0 Å². The maximum Gasteiger partial charge on any atom is 0.238 e. The van der Waals surface area contributed by atoms with Crippen LogP contribution in [0.15, 0.2) is 39.8 Å². The number of likely N-dealkylation sites (N-methyl/N-ethyl adjacent to an activating group) is 1. The van der Waals surface area contributed by atoms with Gasteiger partial charge in [0.2, 0.25) is 15.9 Å². The van der Waals surface area contributed by atoms with Gasteiger partial charge in [0.1, 0.15) is 5.76 Å². The molecule has 1 heterocycles. The molecule has 1 amide bonds. The van der Waals surface area contributed by atoms with Gasteiger partial charge in [-0.1, -0.05) is 17.3 Å². The number of carbonyl (C=O) groups is 1. The number of amides is 1. The van der Waals surface area contributed by atoms with Crippen LogP contribution < -0.4 is 10.5 Å². The van der Waals surface area contributed by atoms with E-state index in [1.807, 2.05) is 24.9 Å². The number of aromatic nitrogens is 1. The average Bonchev–Trinajstić information content (AvgIpc) is 2.91. The third-order valence-electron chi connectivity index (χ3n) is 3.51. The first kappa shape index (κ1) is 19.1. The minimum atomic E-state index is -3.68. The molecule has 9 heteroatoms. The summed E-state index contributed by atoms with van der Waals surface area (Å²) in [5.74, 6) is 0.644. The summed E-state index contributed by atoms with van der Waals surface area (Å²) in [7, 11) is -1.85. The molecule has 25 heavy (non-hydrogen) atoms. The maximum atomic E-state index is 11.9. The van der Waals surface area contributed by atoms with Crippen LogP contribution in [0.4, 0.5) is 0 Å². The smallest absolute Gasteiger partial charge is 0.238 e. The number of benzene rings is 1. The first-order valence-electron chi connectivity index (χ1n) is 7.73. The van der Waals surface area contributed by atoms with Gasteiger partial charge in [-0.2, -0.15) is 0 Å². The van der Waals surface area contributed by atoms with E-state index >= 15 is 0 Å². The molecule has 0 bridgehead atoms. The Hall–Kier alpha value is -2.23. The van der Waals surface area contributed by atoms with E-state index < -0.39 is 10.0 Å². The predicted octanol–water partition coefficient (Wildman–Crippen LogP) is 0.421. The highest BCUT2D eigenvalue weighted by atomic mass is 32.2. The molecule has 0 aliphatic heterocycles. The van der Waals surface area contributed by atoms with Crippen molar-refractivity contribution in [2.45, 2.75) is 24.8 Å². The molecule has 8 nitrogen and oxygen atoms in total. The van der Waals surface area contributed by atoms with Crippen molar-refractivity contribution in [3.63, 3.8) is 0 Å². The summed E-state index contributed by atoms with van der Waals surface area (Å²) in [6, 6.07) is 8.12. The summed E-state index contributed by atoms with van der Waals surface area (Å²) in [4.78, 5) is 13.8. The molecular weight excluding hydrogens is 344 g/mol. The topological polar surface area (TPSA) is 119 Å². The zero-order valence-electron chi connectivity index (χ0n) is 14.2. The summed E-state index contributed by atoms with van der Waals surface area (Å²) >= 11 is 0.